The van der Waals surface area contributed by atoms with Crippen molar-refractivity contribution in [3.8, 4) is 0 Å². The number of nitrogens with zero attached hydrogens (tertiary/aromatic N) is 1. The van der Waals surface area contributed by atoms with Gasteiger partial charge in [0.25, 0.3) is 0 Å². The molecule has 2 rings (SSSR count). The molecule has 0 aliphatic rings. The number of thioether (sulfide) groups is 1. The second kappa shape index (κ2) is 12.4. The Labute approximate surface area is 185 Å². The molecule has 0 aliphatic carbocycles. The van der Waals surface area contributed by atoms with Crippen LogP contribution >= 0.6 is 11.8 Å². The average Bonchev–Trinajstić information content (AvgIpc) is 2.76. The van der Waals surface area contributed by atoms with Gasteiger partial charge in [0.1, 0.15) is 6.04 Å². The zero-order valence-electron chi connectivity index (χ0n) is 18.6. The Balaban J connectivity index is 2.02. The van der Waals surface area contributed by atoms with Crippen LogP contribution in [0, 0.1) is 6.92 Å². The van der Waals surface area contributed by atoms with Gasteiger partial charge in [0.05, 0.1) is 0 Å². The summed E-state index contributed by atoms with van der Waals surface area (Å²) in [5.41, 5.74) is 3.46. The summed E-state index contributed by atoms with van der Waals surface area (Å²) in [4.78, 5) is 27.6. The van der Waals surface area contributed by atoms with Gasteiger partial charge < -0.3 is 10.2 Å². The van der Waals surface area contributed by atoms with Crippen molar-refractivity contribution >= 4 is 23.6 Å². The molecule has 0 saturated heterocycles. The van der Waals surface area contributed by atoms with Gasteiger partial charge >= 0.3 is 0 Å². The predicted molar refractivity (Wildman–Crippen MR) is 126 cm³/mol. The van der Waals surface area contributed by atoms with Crippen molar-refractivity contribution in [3.05, 3.63) is 71.3 Å². The van der Waals surface area contributed by atoms with E-state index >= 15 is 0 Å². The minimum atomic E-state index is -0.509. The van der Waals surface area contributed by atoms with Gasteiger partial charge in [-0.3, -0.25) is 9.59 Å². The van der Waals surface area contributed by atoms with E-state index in [2.05, 4.69) is 17.4 Å². The lowest BCUT2D eigenvalue weighted by Crippen LogP contribution is -2.49. The molecule has 0 unspecified atom stereocenters. The molecule has 0 radical (unpaired) electrons. The van der Waals surface area contributed by atoms with Crippen LogP contribution in [0.2, 0.25) is 0 Å². The molecule has 1 N–H and O–H groups in total. The minimum absolute atomic E-state index is 0.0191. The molecule has 0 aromatic heterocycles. The zero-order chi connectivity index (χ0) is 21.9. The lowest BCUT2D eigenvalue weighted by atomic mass is 10.1. The van der Waals surface area contributed by atoms with Gasteiger partial charge in [-0.15, -0.1) is 0 Å². The Morgan fingerprint density at radius 1 is 1.03 bits per heavy atom. The van der Waals surface area contributed by atoms with Crippen LogP contribution in [0.5, 0.6) is 0 Å². The number of carbonyl (C=O) groups is 2. The van der Waals surface area contributed by atoms with Crippen molar-refractivity contribution in [1.82, 2.24) is 10.2 Å². The molecule has 0 aliphatic heterocycles. The Morgan fingerprint density at radius 2 is 1.70 bits per heavy atom. The molecule has 162 valence electrons. The molecule has 0 fully saturated rings. The van der Waals surface area contributed by atoms with E-state index in [0.717, 1.165) is 29.1 Å². The van der Waals surface area contributed by atoms with Gasteiger partial charge in [0.2, 0.25) is 11.8 Å². The molecule has 2 aromatic carbocycles. The van der Waals surface area contributed by atoms with Gasteiger partial charge in [0, 0.05) is 30.5 Å². The summed E-state index contributed by atoms with van der Waals surface area (Å²) in [6, 6.07) is 17.9. The van der Waals surface area contributed by atoms with E-state index < -0.39 is 6.04 Å². The zero-order valence-corrected chi connectivity index (χ0v) is 19.4. The second-order valence-corrected chi connectivity index (χ2v) is 8.84. The summed E-state index contributed by atoms with van der Waals surface area (Å²) in [7, 11) is 0. The van der Waals surface area contributed by atoms with E-state index in [1.165, 1.54) is 5.56 Å². The molecule has 2 amide bonds. The normalized spacial score (nSPS) is 12.8. The Kier molecular flexibility index (Phi) is 9.95. The monoisotopic (exact) mass is 426 g/mol. The highest BCUT2D eigenvalue weighted by Crippen LogP contribution is 2.17. The first-order valence-electron chi connectivity index (χ1n) is 10.7. The third kappa shape index (κ3) is 7.52. The number of aryl methyl sites for hydroxylation is 1. The van der Waals surface area contributed by atoms with Crippen LogP contribution in [0.1, 0.15) is 50.3 Å². The minimum Gasteiger partial charge on any atom is -0.352 e. The fourth-order valence-corrected chi connectivity index (χ4v) is 3.98. The van der Waals surface area contributed by atoms with Crippen molar-refractivity contribution in [2.24, 2.45) is 0 Å². The summed E-state index contributed by atoms with van der Waals surface area (Å²) < 4.78 is 0. The largest absolute Gasteiger partial charge is 0.352 e. The van der Waals surface area contributed by atoms with Crippen LogP contribution < -0.4 is 5.32 Å². The topological polar surface area (TPSA) is 49.4 Å². The Morgan fingerprint density at radius 3 is 2.37 bits per heavy atom. The average molecular weight is 427 g/mol. The third-order valence-corrected chi connectivity index (χ3v) is 6.37. The predicted octanol–water partition coefficient (Wildman–Crippen LogP) is 4.95. The quantitative estimate of drug-likeness (QED) is 0.517. The molecule has 5 heteroatoms. The van der Waals surface area contributed by atoms with Crippen molar-refractivity contribution in [2.45, 2.75) is 64.9 Å². The molecule has 30 heavy (non-hydrogen) atoms. The first kappa shape index (κ1) is 24.0. The highest BCUT2D eigenvalue weighted by Gasteiger charge is 2.26. The summed E-state index contributed by atoms with van der Waals surface area (Å²) >= 11 is 1.75. The number of nitrogens with one attached hydrogen (secondary N) is 1. The number of amides is 2. The number of rotatable bonds is 11. The number of hydrogen-bond donors (Lipinski definition) is 1. The molecular formula is C25H34N2O2S. The number of hydrogen-bond acceptors (Lipinski definition) is 3. The van der Waals surface area contributed by atoms with Crippen LogP contribution in [0.3, 0.4) is 0 Å². The van der Waals surface area contributed by atoms with Gasteiger partial charge in [-0.05, 0) is 43.9 Å². The smallest absolute Gasteiger partial charge is 0.242 e. The van der Waals surface area contributed by atoms with Crippen molar-refractivity contribution in [1.29, 1.82) is 0 Å². The van der Waals surface area contributed by atoms with E-state index in [1.54, 1.807) is 16.7 Å². The van der Waals surface area contributed by atoms with E-state index in [4.69, 9.17) is 0 Å². The SMILES string of the molecule is CC[C@H](C)NC(=O)[C@@H](C)N(Cc1ccccc1C)C(=O)CCSCc1ccccc1. The van der Waals surface area contributed by atoms with E-state index in [0.29, 0.717) is 13.0 Å². The fourth-order valence-electron chi connectivity index (χ4n) is 3.09. The van der Waals surface area contributed by atoms with Crippen molar-refractivity contribution < 1.29 is 9.59 Å². The summed E-state index contributed by atoms with van der Waals surface area (Å²) in [5, 5.41) is 3.02. The lowest BCUT2D eigenvalue weighted by Gasteiger charge is -2.30. The van der Waals surface area contributed by atoms with Crippen LogP contribution in [0.25, 0.3) is 0 Å². The maximum atomic E-state index is 13.1. The lowest BCUT2D eigenvalue weighted by molar-refractivity contribution is -0.140. The molecule has 2 aromatic rings. The Hall–Kier alpha value is -2.27. The maximum absolute atomic E-state index is 13.1. The van der Waals surface area contributed by atoms with Crippen LogP contribution in [-0.4, -0.2) is 34.6 Å². The maximum Gasteiger partial charge on any atom is 0.242 e. The van der Waals surface area contributed by atoms with E-state index in [-0.39, 0.29) is 17.9 Å². The van der Waals surface area contributed by atoms with Crippen LogP contribution in [0.15, 0.2) is 54.6 Å². The Bertz CT molecular complexity index is 810. The van der Waals surface area contributed by atoms with E-state index in [9.17, 15) is 9.59 Å². The standard InChI is InChI=1S/C25H34N2O2S/c1-5-20(3)26-25(29)21(4)27(17-23-14-10-9-11-19(23)2)24(28)15-16-30-18-22-12-7-6-8-13-22/h6-14,20-21H,5,15-18H2,1-4H3,(H,26,29)/t20-,21+/m0/s1. The first-order valence-corrected chi connectivity index (χ1v) is 11.8. The van der Waals surface area contributed by atoms with Crippen molar-refractivity contribution in [2.75, 3.05) is 5.75 Å². The molecule has 0 spiro atoms. The van der Waals surface area contributed by atoms with Gasteiger partial charge in [-0.2, -0.15) is 11.8 Å². The van der Waals surface area contributed by atoms with E-state index in [1.807, 2.05) is 70.2 Å². The van der Waals surface area contributed by atoms with Crippen molar-refractivity contribution in [3.63, 3.8) is 0 Å². The number of benzene rings is 2. The second-order valence-electron chi connectivity index (χ2n) is 7.73. The van der Waals surface area contributed by atoms with Gasteiger partial charge in [-0.25, -0.2) is 0 Å². The third-order valence-electron chi connectivity index (χ3n) is 5.34. The van der Waals surface area contributed by atoms with Gasteiger partial charge in [0.15, 0.2) is 0 Å². The van der Waals surface area contributed by atoms with Crippen LogP contribution in [0.4, 0.5) is 0 Å². The summed E-state index contributed by atoms with van der Waals surface area (Å²) in [6.07, 6.45) is 1.28. The molecule has 4 nitrogen and oxygen atoms in total. The molecule has 0 bridgehead atoms. The molecule has 0 saturated carbocycles. The molecular weight excluding hydrogens is 392 g/mol. The molecule has 2 atom stereocenters. The molecule has 0 heterocycles. The first-order chi connectivity index (χ1) is 14.4. The van der Waals surface area contributed by atoms with Crippen LogP contribution in [-0.2, 0) is 21.9 Å². The van der Waals surface area contributed by atoms with Gasteiger partial charge in [-0.1, -0.05) is 61.5 Å². The highest BCUT2D eigenvalue weighted by molar-refractivity contribution is 7.98. The number of carbonyl (C=O) groups excluding carboxylic acids is 2. The fraction of sp³-hybridized carbons (Fsp3) is 0.440. The highest BCUT2D eigenvalue weighted by atomic mass is 32.2. The summed E-state index contributed by atoms with van der Waals surface area (Å²) in [6.45, 7) is 8.33. The summed E-state index contributed by atoms with van der Waals surface area (Å²) in [5.74, 6) is 1.54.